The third-order valence-corrected chi connectivity index (χ3v) is 3.19. The van der Waals surface area contributed by atoms with Gasteiger partial charge in [0.05, 0.1) is 13.2 Å². The molecule has 0 spiro atoms. The Morgan fingerprint density at radius 1 is 1.62 bits per heavy atom. The van der Waals surface area contributed by atoms with Crippen LogP contribution < -0.4 is 10.1 Å². The van der Waals surface area contributed by atoms with Gasteiger partial charge in [0.25, 0.3) is 5.91 Å². The zero-order valence-corrected chi connectivity index (χ0v) is 10.5. The van der Waals surface area contributed by atoms with Gasteiger partial charge in [0.1, 0.15) is 10.6 Å². The number of amides is 1. The van der Waals surface area contributed by atoms with Gasteiger partial charge in [-0.15, -0.1) is 11.3 Å². The normalized spacial score (nSPS) is 12.6. The van der Waals surface area contributed by atoms with E-state index in [-0.39, 0.29) is 18.4 Å². The highest BCUT2D eigenvalue weighted by molar-refractivity contribution is 7.12. The molecule has 0 aromatic carbocycles. The fraction of sp³-hybridized carbons (Fsp3) is 0.545. The van der Waals surface area contributed by atoms with Gasteiger partial charge >= 0.3 is 0 Å². The van der Waals surface area contributed by atoms with Crippen molar-refractivity contribution in [1.29, 1.82) is 0 Å². The maximum Gasteiger partial charge on any atom is 0.265 e. The van der Waals surface area contributed by atoms with Crippen LogP contribution in [0.15, 0.2) is 11.4 Å². The van der Waals surface area contributed by atoms with Crippen LogP contribution in [0.2, 0.25) is 0 Å². The number of methoxy groups -OCH3 is 1. The van der Waals surface area contributed by atoms with Crippen LogP contribution in [0.5, 0.6) is 5.75 Å². The summed E-state index contributed by atoms with van der Waals surface area (Å²) in [6, 6.07) is 1.75. The summed E-state index contributed by atoms with van der Waals surface area (Å²) in [6.07, 6.45) is -0.519. The van der Waals surface area contributed by atoms with E-state index in [2.05, 4.69) is 5.32 Å². The molecule has 5 heteroatoms. The largest absolute Gasteiger partial charge is 0.495 e. The van der Waals surface area contributed by atoms with Crippen molar-refractivity contribution in [3.8, 4) is 5.75 Å². The highest BCUT2D eigenvalue weighted by Crippen LogP contribution is 2.23. The van der Waals surface area contributed by atoms with Gasteiger partial charge in [-0.25, -0.2) is 0 Å². The van der Waals surface area contributed by atoms with Crippen LogP contribution in [0.1, 0.15) is 23.5 Å². The molecule has 0 fully saturated rings. The number of rotatable bonds is 5. The minimum absolute atomic E-state index is 0.130. The summed E-state index contributed by atoms with van der Waals surface area (Å²) in [4.78, 5) is 12.3. The van der Waals surface area contributed by atoms with Gasteiger partial charge in [-0.05, 0) is 17.4 Å². The molecule has 1 atom stereocenters. The van der Waals surface area contributed by atoms with Gasteiger partial charge in [0.2, 0.25) is 0 Å². The Morgan fingerprint density at radius 3 is 2.88 bits per heavy atom. The molecule has 0 bridgehead atoms. The second-order valence-electron chi connectivity index (χ2n) is 3.84. The molecule has 2 N–H and O–H groups in total. The maximum atomic E-state index is 11.7. The maximum absolute atomic E-state index is 11.7. The summed E-state index contributed by atoms with van der Waals surface area (Å²) in [6.45, 7) is 4.07. The summed E-state index contributed by atoms with van der Waals surface area (Å²) < 4.78 is 5.05. The number of nitrogens with one attached hydrogen (secondary N) is 1. The smallest absolute Gasteiger partial charge is 0.265 e. The van der Waals surface area contributed by atoms with Gasteiger partial charge in [-0.2, -0.15) is 0 Å². The second-order valence-corrected chi connectivity index (χ2v) is 4.76. The summed E-state index contributed by atoms with van der Waals surface area (Å²) in [5.41, 5.74) is 0. The standard InChI is InChI=1S/C11H17NO3S/c1-7(2)8(13)6-12-11(14)10-9(15-3)4-5-16-10/h4-5,7-8,13H,6H2,1-3H3,(H,12,14). The van der Waals surface area contributed by atoms with Crippen molar-refractivity contribution in [2.24, 2.45) is 5.92 Å². The number of aliphatic hydroxyl groups excluding tert-OH is 1. The molecule has 4 nitrogen and oxygen atoms in total. The first-order chi connectivity index (χ1) is 7.56. The van der Waals surface area contributed by atoms with Crippen LogP contribution in [0, 0.1) is 5.92 Å². The third kappa shape index (κ3) is 3.21. The van der Waals surface area contributed by atoms with Crippen LogP contribution >= 0.6 is 11.3 Å². The molecule has 1 unspecified atom stereocenters. The molecule has 0 aliphatic carbocycles. The van der Waals surface area contributed by atoms with E-state index in [0.29, 0.717) is 10.6 Å². The van der Waals surface area contributed by atoms with E-state index in [1.54, 1.807) is 11.4 Å². The molecule has 0 saturated heterocycles. The van der Waals surface area contributed by atoms with E-state index < -0.39 is 6.10 Å². The number of ether oxygens (including phenoxy) is 1. The molecule has 0 saturated carbocycles. The number of carbonyl (C=O) groups is 1. The van der Waals surface area contributed by atoms with Gasteiger partial charge in [0.15, 0.2) is 0 Å². The summed E-state index contributed by atoms with van der Waals surface area (Å²) >= 11 is 1.32. The van der Waals surface area contributed by atoms with Crippen molar-refractivity contribution in [2.45, 2.75) is 20.0 Å². The Morgan fingerprint density at radius 2 is 2.31 bits per heavy atom. The number of carbonyl (C=O) groups excluding carboxylic acids is 1. The Bertz CT molecular complexity index is 349. The van der Waals surface area contributed by atoms with Crippen LogP contribution in [-0.4, -0.2) is 30.8 Å². The van der Waals surface area contributed by atoms with E-state index in [4.69, 9.17) is 4.74 Å². The third-order valence-electron chi connectivity index (χ3n) is 2.30. The van der Waals surface area contributed by atoms with Crippen molar-refractivity contribution in [2.75, 3.05) is 13.7 Å². The topological polar surface area (TPSA) is 58.6 Å². The quantitative estimate of drug-likeness (QED) is 0.824. The van der Waals surface area contributed by atoms with E-state index in [1.807, 2.05) is 13.8 Å². The lowest BCUT2D eigenvalue weighted by Gasteiger charge is -2.14. The van der Waals surface area contributed by atoms with Crippen molar-refractivity contribution < 1.29 is 14.6 Å². The lowest BCUT2D eigenvalue weighted by molar-refractivity contribution is 0.0873. The van der Waals surface area contributed by atoms with Gasteiger partial charge in [-0.1, -0.05) is 13.8 Å². The molecule has 1 aromatic rings. The lowest BCUT2D eigenvalue weighted by Crippen LogP contribution is -2.34. The Labute approximate surface area is 99.2 Å². The Balaban J connectivity index is 2.53. The molecular formula is C11H17NO3S. The van der Waals surface area contributed by atoms with E-state index in [0.717, 1.165) is 0 Å². The Hall–Kier alpha value is -1.07. The van der Waals surface area contributed by atoms with Gasteiger partial charge < -0.3 is 15.2 Å². The van der Waals surface area contributed by atoms with E-state index in [9.17, 15) is 9.90 Å². The highest BCUT2D eigenvalue weighted by Gasteiger charge is 2.16. The summed E-state index contributed by atoms with van der Waals surface area (Å²) in [5.74, 6) is 0.499. The highest BCUT2D eigenvalue weighted by atomic mass is 32.1. The van der Waals surface area contributed by atoms with E-state index >= 15 is 0 Å². The predicted molar refractivity (Wildman–Crippen MR) is 64.0 cm³/mol. The lowest BCUT2D eigenvalue weighted by atomic mass is 10.1. The first-order valence-electron chi connectivity index (χ1n) is 5.14. The van der Waals surface area contributed by atoms with Crippen LogP contribution in [0.3, 0.4) is 0 Å². The average Bonchev–Trinajstić information content (AvgIpc) is 2.73. The molecule has 16 heavy (non-hydrogen) atoms. The number of aliphatic hydroxyl groups is 1. The summed E-state index contributed by atoms with van der Waals surface area (Å²) in [5, 5.41) is 14.0. The molecule has 1 rings (SSSR count). The molecular weight excluding hydrogens is 226 g/mol. The fourth-order valence-electron chi connectivity index (χ4n) is 1.14. The molecule has 0 aliphatic rings. The van der Waals surface area contributed by atoms with Crippen molar-refractivity contribution in [3.63, 3.8) is 0 Å². The van der Waals surface area contributed by atoms with Crippen LogP contribution in [-0.2, 0) is 0 Å². The van der Waals surface area contributed by atoms with Gasteiger partial charge in [-0.3, -0.25) is 4.79 Å². The average molecular weight is 243 g/mol. The zero-order chi connectivity index (χ0) is 12.1. The van der Waals surface area contributed by atoms with Crippen molar-refractivity contribution in [3.05, 3.63) is 16.3 Å². The molecule has 1 aromatic heterocycles. The number of hydrogen-bond acceptors (Lipinski definition) is 4. The van der Waals surface area contributed by atoms with Crippen molar-refractivity contribution in [1.82, 2.24) is 5.32 Å². The number of thiophene rings is 1. The van der Waals surface area contributed by atoms with Crippen LogP contribution in [0.4, 0.5) is 0 Å². The van der Waals surface area contributed by atoms with E-state index in [1.165, 1.54) is 18.4 Å². The number of hydrogen-bond donors (Lipinski definition) is 2. The monoisotopic (exact) mass is 243 g/mol. The minimum Gasteiger partial charge on any atom is -0.495 e. The first-order valence-corrected chi connectivity index (χ1v) is 6.02. The first kappa shape index (κ1) is 13.0. The molecule has 0 radical (unpaired) electrons. The molecule has 90 valence electrons. The molecule has 0 aliphatic heterocycles. The zero-order valence-electron chi connectivity index (χ0n) is 9.69. The van der Waals surface area contributed by atoms with Gasteiger partial charge in [0, 0.05) is 6.54 Å². The Kier molecular flexibility index (Phi) is 4.76. The predicted octanol–water partition coefficient (Wildman–Crippen LogP) is 1.50. The van der Waals surface area contributed by atoms with Crippen molar-refractivity contribution >= 4 is 17.2 Å². The van der Waals surface area contributed by atoms with Crippen LogP contribution in [0.25, 0.3) is 0 Å². The second kappa shape index (κ2) is 5.86. The minimum atomic E-state index is -0.519. The fourth-order valence-corrected chi connectivity index (χ4v) is 1.91. The molecule has 1 amide bonds. The summed E-state index contributed by atoms with van der Waals surface area (Å²) in [7, 11) is 1.53. The SMILES string of the molecule is COc1ccsc1C(=O)NCC(O)C(C)C. The molecule has 1 heterocycles.